The fraction of sp³-hybridized carbons (Fsp3) is 0.467. The Hall–Kier alpha value is -1.92. The highest BCUT2D eigenvalue weighted by Crippen LogP contribution is 2.25. The first-order valence-corrected chi connectivity index (χ1v) is 7.42. The molecule has 0 radical (unpaired) electrons. The van der Waals surface area contributed by atoms with Crippen LogP contribution in [0, 0.1) is 5.92 Å². The third kappa shape index (κ3) is 2.20. The van der Waals surface area contributed by atoms with Crippen LogP contribution in [0.4, 0.5) is 5.82 Å². The van der Waals surface area contributed by atoms with Gasteiger partial charge in [-0.3, -0.25) is 5.32 Å². The average Bonchev–Trinajstić information content (AvgIpc) is 3.17. The Bertz CT molecular complexity index is 651. The van der Waals surface area contributed by atoms with Crippen LogP contribution in [0.25, 0.3) is 5.69 Å². The molecule has 6 nitrogen and oxygen atoms in total. The fourth-order valence-electron chi connectivity index (χ4n) is 3.07. The van der Waals surface area contributed by atoms with Crippen LogP contribution in [0.5, 0.6) is 0 Å². The maximum absolute atomic E-state index is 9.77. The Morgan fingerprint density at radius 1 is 1.38 bits per heavy atom. The monoisotopic (exact) mass is 285 g/mol. The smallest absolute Gasteiger partial charge is 0.134 e. The Labute approximate surface area is 123 Å². The molecule has 0 amide bonds. The molecule has 1 fully saturated rings. The predicted molar refractivity (Wildman–Crippen MR) is 79.2 cm³/mol. The van der Waals surface area contributed by atoms with E-state index in [1.165, 1.54) is 6.42 Å². The minimum atomic E-state index is -0.605. The third-order valence-corrected chi connectivity index (χ3v) is 4.33. The third-order valence-electron chi connectivity index (χ3n) is 4.33. The van der Waals surface area contributed by atoms with E-state index in [9.17, 15) is 5.11 Å². The summed E-state index contributed by atoms with van der Waals surface area (Å²) in [6.45, 7) is 5.06. The minimum Gasteiger partial charge on any atom is -0.374 e. The molecule has 2 aromatic rings. The first-order chi connectivity index (χ1) is 10.2. The van der Waals surface area contributed by atoms with Crippen LogP contribution in [0.15, 0.2) is 24.5 Å². The van der Waals surface area contributed by atoms with Gasteiger partial charge in [0.05, 0.1) is 17.6 Å². The number of pyridine rings is 1. The van der Waals surface area contributed by atoms with Crippen LogP contribution in [-0.2, 0) is 6.54 Å². The summed E-state index contributed by atoms with van der Waals surface area (Å²) in [5, 5.41) is 17.2. The average molecular weight is 285 g/mol. The zero-order chi connectivity index (χ0) is 14.4. The normalized spacial score (nSPS) is 24.6. The summed E-state index contributed by atoms with van der Waals surface area (Å²) in [6.07, 6.45) is 4.35. The zero-order valence-corrected chi connectivity index (χ0v) is 12.0. The molecule has 1 unspecified atom stereocenters. The molecule has 4 heterocycles. The Morgan fingerprint density at radius 3 is 2.95 bits per heavy atom. The molecular weight excluding hydrogens is 266 g/mol. The SMILES string of the molecule is C[C@H]1CCN(c2ccc(-n3cc4c(n3)CNC4O)cn2)C1. The van der Waals surface area contributed by atoms with E-state index >= 15 is 0 Å². The number of hydrogen-bond acceptors (Lipinski definition) is 5. The molecule has 0 aromatic carbocycles. The highest BCUT2D eigenvalue weighted by atomic mass is 16.3. The lowest BCUT2D eigenvalue weighted by Gasteiger charge is -2.17. The molecule has 6 heteroatoms. The summed E-state index contributed by atoms with van der Waals surface area (Å²) in [6, 6.07) is 4.09. The van der Waals surface area contributed by atoms with Crippen molar-refractivity contribution < 1.29 is 5.11 Å². The van der Waals surface area contributed by atoms with Crippen molar-refractivity contribution in [1.29, 1.82) is 0 Å². The topological polar surface area (TPSA) is 66.2 Å². The lowest BCUT2D eigenvalue weighted by atomic mass is 10.2. The molecule has 2 atom stereocenters. The largest absolute Gasteiger partial charge is 0.374 e. The number of aliphatic hydroxyl groups excluding tert-OH is 1. The molecule has 0 saturated carbocycles. The number of fused-ring (bicyclic) bond motifs is 1. The van der Waals surface area contributed by atoms with Crippen molar-refractivity contribution in [1.82, 2.24) is 20.1 Å². The van der Waals surface area contributed by atoms with Crippen LogP contribution in [0.2, 0.25) is 0 Å². The summed E-state index contributed by atoms with van der Waals surface area (Å²) in [5.74, 6) is 1.78. The molecule has 110 valence electrons. The van der Waals surface area contributed by atoms with Gasteiger partial charge in [0.1, 0.15) is 12.0 Å². The summed E-state index contributed by atoms with van der Waals surface area (Å²) >= 11 is 0. The molecule has 2 aliphatic heterocycles. The number of nitrogens with one attached hydrogen (secondary N) is 1. The van der Waals surface area contributed by atoms with Gasteiger partial charge in [0.25, 0.3) is 0 Å². The Kier molecular flexibility index (Phi) is 2.94. The highest BCUT2D eigenvalue weighted by molar-refractivity contribution is 5.44. The quantitative estimate of drug-likeness (QED) is 0.868. The standard InChI is InChI=1S/C15H19N5O/c1-10-4-5-19(8-10)14-3-2-11(6-16-14)20-9-12-13(18-20)7-17-15(12)21/h2-3,6,9-10,15,17,21H,4-5,7-8H2,1H3/t10-,15?/m0/s1. The molecule has 21 heavy (non-hydrogen) atoms. The van der Waals surface area contributed by atoms with E-state index in [0.717, 1.165) is 41.8 Å². The van der Waals surface area contributed by atoms with Gasteiger partial charge >= 0.3 is 0 Å². The summed E-state index contributed by atoms with van der Waals surface area (Å²) in [5.41, 5.74) is 2.68. The fourth-order valence-corrected chi connectivity index (χ4v) is 3.07. The first-order valence-electron chi connectivity index (χ1n) is 7.42. The lowest BCUT2D eigenvalue weighted by molar-refractivity contribution is 0.151. The second-order valence-electron chi connectivity index (χ2n) is 5.97. The van der Waals surface area contributed by atoms with Crippen LogP contribution in [0.3, 0.4) is 0 Å². The van der Waals surface area contributed by atoms with Gasteiger partial charge in [0, 0.05) is 31.4 Å². The molecule has 2 N–H and O–H groups in total. The number of aliphatic hydroxyl groups is 1. The summed E-state index contributed by atoms with van der Waals surface area (Å²) < 4.78 is 1.79. The van der Waals surface area contributed by atoms with E-state index in [1.807, 2.05) is 18.5 Å². The highest BCUT2D eigenvalue weighted by Gasteiger charge is 2.24. The molecule has 0 aliphatic carbocycles. The number of hydrogen-bond donors (Lipinski definition) is 2. The van der Waals surface area contributed by atoms with Crippen LogP contribution in [0.1, 0.15) is 30.8 Å². The molecule has 2 aromatic heterocycles. The van der Waals surface area contributed by atoms with Gasteiger partial charge in [0.2, 0.25) is 0 Å². The number of nitrogens with zero attached hydrogens (tertiary/aromatic N) is 4. The number of rotatable bonds is 2. The van der Waals surface area contributed by atoms with Crippen LogP contribution >= 0.6 is 0 Å². The van der Waals surface area contributed by atoms with E-state index in [0.29, 0.717) is 6.54 Å². The molecule has 2 aliphatic rings. The van der Waals surface area contributed by atoms with Gasteiger partial charge in [-0.25, -0.2) is 9.67 Å². The predicted octanol–water partition coefficient (Wildman–Crippen LogP) is 1.21. The van der Waals surface area contributed by atoms with Crippen molar-refractivity contribution in [2.24, 2.45) is 5.92 Å². The molecule has 4 rings (SSSR count). The molecule has 1 saturated heterocycles. The van der Waals surface area contributed by atoms with E-state index < -0.39 is 6.23 Å². The Morgan fingerprint density at radius 2 is 2.29 bits per heavy atom. The Balaban J connectivity index is 1.58. The minimum absolute atomic E-state index is 0.605. The number of anilines is 1. The van der Waals surface area contributed by atoms with Crippen molar-refractivity contribution in [2.45, 2.75) is 26.1 Å². The van der Waals surface area contributed by atoms with E-state index in [-0.39, 0.29) is 0 Å². The van der Waals surface area contributed by atoms with Gasteiger partial charge in [-0.05, 0) is 24.5 Å². The van der Waals surface area contributed by atoms with Crippen molar-refractivity contribution >= 4 is 5.82 Å². The second kappa shape index (κ2) is 4.82. The van der Waals surface area contributed by atoms with Gasteiger partial charge in [0.15, 0.2) is 0 Å². The summed E-state index contributed by atoms with van der Waals surface area (Å²) in [4.78, 5) is 6.88. The van der Waals surface area contributed by atoms with Gasteiger partial charge in [-0.15, -0.1) is 0 Å². The first kappa shape index (κ1) is 12.8. The molecular formula is C15H19N5O. The molecule has 0 bridgehead atoms. The van der Waals surface area contributed by atoms with Gasteiger partial charge < -0.3 is 10.0 Å². The lowest BCUT2D eigenvalue weighted by Crippen LogP contribution is -2.20. The van der Waals surface area contributed by atoms with Crippen LogP contribution < -0.4 is 10.2 Å². The maximum Gasteiger partial charge on any atom is 0.134 e. The van der Waals surface area contributed by atoms with Gasteiger partial charge in [-0.1, -0.05) is 6.92 Å². The number of aromatic nitrogens is 3. The zero-order valence-electron chi connectivity index (χ0n) is 12.0. The van der Waals surface area contributed by atoms with Crippen molar-refractivity contribution in [3.8, 4) is 5.69 Å². The van der Waals surface area contributed by atoms with Crippen molar-refractivity contribution in [3.63, 3.8) is 0 Å². The maximum atomic E-state index is 9.77. The van der Waals surface area contributed by atoms with Crippen LogP contribution in [-0.4, -0.2) is 33.0 Å². The van der Waals surface area contributed by atoms with Crippen molar-refractivity contribution in [3.05, 3.63) is 35.8 Å². The van der Waals surface area contributed by atoms with Crippen molar-refractivity contribution in [2.75, 3.05) is 18.0 Å². The van der Waals surface area contributed by atoms with E-state index in [2.05, 4.69) is 33.3 Å². The second-order valence-corrected chi connectivity index (χ2v) is 5.97. The van der Waals surface area contributed by atoms with E-state index in [4.69, 9.17) is 0 Å². The summed E-state index contributed by atoms with van der Waals surface area (Å²) in [7, 11) is 0. The van der Waals surface area contributed by atoms with E-state index in [1.54, 1.807) is 4.68 Å². The van der Waals surface area contributed by atoms with Gasteiger partial charge in [-0.2, -0.15) is 5.10 Å². The molecule has 0 spiro atoms.